The highest BCUT2D eigenvalue weighted by atomic mass is 32.2. The van der Waals surface area contributed by atoms with Crippen molar-refractivity contribution in [2.24, 2.45) is 0 Å². The van der Waals surface area contributed by atoms with Gasteiger partial charge in [0.1, 0.15) is 0 Å². The fourth-order valence-corrected chi connectivity index (χ4v) is 3.45. The van der Waals surface area contributed by atoms with Crippen LogP contribution in [0.25, 0.3) is 0 Å². The van der Waals surface area contributed by atoms with Crippen LogP contribution in [0.2, 0.25) is 0 Å². The Kier molecular flexibility index (Phi) is 4.32. The third-order valence-electron chi connectivity index (χ3n) is 4.16. The molecule has 1 heterocycles. The number of rotatable bonds is 2. The molecule has 126 valence electrons. The first-order valence-electron chi connectivity index (χ1n) is 7.84. The van der Waals surface area contributed by atoms with Gasteiger partial charge in [0.2, 0.25) is 0 Å². The Balaban J connectivity index is 1.95. The standard InChI is InChI=1S/C18H20N2O3S/c1-13-11-12-20(17-6-4-3-5-16(17)19-13)18(21)14-7-9-15(10-8-14)24(2,22)23/h3-10,13,19H,11-12H2,1-2H3/t13-/m1/s1. The first-order chi connectivity index (χ1) is 11.4. The average Bonchev–Trinajstić information content (AvgIpc) is 2.72. The molecular weight excluding hydrogens is 324 g/mol. The van der Waals surface area contributed by atoms with Crippen LogP contribution in [-0.2, 0) is 9.84 Å². The fourth-order valence-electron chi connectivity index (χ4n) is 2.82. The highest BCUT2D eigenvalue weighted by Crippen LogP contribution is 2.31. The number of hydrogen-bond acceptors (Lipinski definition) is 4. The number of para-hydroxylation sites is 2. The summed E-state index contributed by atoms with van der Waals surface area (Å²) in [6, 6.07) is 14.1. The molecule has 1 aliphatic rings. The number of carbonyl (C=O) groups is 1. The van der Waals surface area contributed by atoms with Gasteiger partial charge in [-0.05, 0) is 49.7 Å². The summed E-state index contributed by atoms with van der Waals surface area (Å²) in [5.74, 6) is -0.126. The number of benzene rings is 2. The Morgan fingerprint density at radius 3 is 2.46 bits per heavy atom. The zero-order valence-electron chi connectivity index (χ0n) is 13.7. The molecule has 0 fully saturated rings. The zero-order valence-corrected chi connectivity index (χ0v) is 14.5. The van der Waals surface area contributed by atoms with Crippen molar-refractivity contribution in [3.05, 3.63) is 54.1 Å². The highest BCUT2D eigenvalue weighted by molar-refractivity contribution is 7.90. The highest BCUT2D eigenvalue weighted by Gasteiger charge is 2.24. The lowest BCUT2D eigenvalue weighted by atomic mass is 10.1. The molecule has 0 radical (unpaired) electrons. The number of carbonyl (C=O) groups excluding carboxylic acids is 1. The predicted molar refractivity (Wildman–Crippen MR) is 95.4 cm³/mol. The van der Waals surface area contributed by atoms with Crippen molar-refractivity contribution in [2.75, 3.05) is 23.0 Å². The first-order valence-corrected chi connectivity index (χ1v) is 9.73. The van der Waals surface area contributed by atoms with Gasteiger partial charge in [-0.1, -0.05) is 12.1 Å². The number of nitrogens with zero attached hydrogens (tertiary/aromatic N) is 1. The maximum Gasteiger partial charge on any atom is 0.258 e. The topological polar surface area (TPSA) is 66.5 Å². The molecule has 2 aromatic rings. The summed E-state index contributed by atoms with van der Waals surface area (Å²) in [5.41, 5.74) is 2.26. The minimum Gasteiger partial charge on any atom is -0.381 e. The quantitative estimate of drug-likeness (QED) is 0.910. The molecule has 6 heteroatoms. The second-order valence-corrected chi connectivity index (χ2v) is 8.12. The van der Waals surface area contributed by atoms with Crippen molar-refractivity contribution in [2.45, 2.75) is 24.3 Å². The molecular formula is C18H20N2O3S. The predicted octanol–water partition coefficient (Wildman–Crippen LogP) is 2.94. The van der Waals surface area contributed by atoms with Gasteiger partial charge in [0.05, 0.1) is 16.3 Å². The second kappa shape index (κ2) is 6.28. The molecule has 1 N–H and O–H groups in total. The number of sulfone groups is 1. The Bertz CT molecular complexity index is 860. The Hall–Kier alpha value is -2.34. The Morgan fingerprint density at radius 2 is 1.79 bits per heavy atom. The molecule has 0 aromatic heterocycles. The lowest BCUT2D eigenvalue weighted by Gasteiger charge is -2.22. The number of hydrogen-bond donors (Lipinski definition) is 1. The summed E-state index contributed by atoms with van der Waals surface area (Å²) in [4.78, 5) is 14.9. The summed E-state index contributed by atoms with van der Waals surface area (Å²) in [5, 5.41) is 3.41. The summed E-state index contributed by atoms with van der Waals surface area (Å²) in [6.07, 6.45) is 1.99. The Labute approximate surface area is 142 Å². The monoisotopic (exact) mass is 344 g/mol. The van der Waals surface area contributed by atoms with Crippen molar-refractivity contribution in [1.29, 1.82) is 0 Å². The smallest absolute Gasteiger partial charge is 0.258 e. The minimum absolute atomic E-state index is 0.126. The van der Waals surface area contributed by atoms with Crippen molar-refractivity contribution in [1.82, 2.24) is 0 Å². The molecule has 24 heavy (non-hydrogen) atoms. The van der Waals surface area contributed by atoms with E-state index in [2.05, 4.69) is 12.2 Å². The van der Waals surface area contributed by atoms with Crippen LogP contribution in [0.15, 0.2) is 53.4 Å². The molecule has 0 aliphatic carbocycles. The van der Waals surface area contributed by atoms with Crippen molar-refractivity contribution < 1.29 is 13.2 Å². The third kappa shape index (κ3) is 3.28. The lowest BCUT2D eigenvalue weighted by Crippen LogP contribution is -2.32. The second-order valence-electron chi connectivity index (χ2n) is 6.10. The van der Waals surface area contributed by atoms with Crippen LogP contribution in [0.1, 0.15) is 23.7 Å². The first kappa shape index (κ1) is 16.5. The van der Waals surface area contributed by atoms with Crippen LogP contribution in [0, 0.1) is 0 Å². The number of nitrogens with one attached hydrogen (secondary N) is 1. The molecule has 0 saturated heterocycles. The van der Waals surface area contributed by atoms with Gasteiger partial charge in [0, 0.05) is 24.4 Å². The van der Waals surface area contributed by atoms with E-state index >= 15 is 0 Å². The molecule has 1 atom stereocenters. The van der Waals surface area contributed by atoms with Gasteiger partial charge in [0.25, 0.3) is 5.91 Å². The molecule has 0 spiro atoms. The van der Waals surface area contributed by atoms with Crippen LogP contribution >= 0.6 is 0 Å². The largest absolute Gasteiger partial charge is 0.381 e. The molecule has 0 bridgehead atoms. The van der Waals surface area contributed by atoms with E-state index in [-0.39, 0.29) is 16.8 Å². The molecule has 1 amide bonds. The summed E-state index contributed by atoms with van der Waals surface area (Å²) >= 11 is 0. The molecule has 5 nitrogen and oxygen atoms in total. The fraction of sp³-hybridized carbons (Fsp3) is 0.278. The van der Waals surface area contributed by atoms with Crippen molar-refractivity contribution in [3.8, 4) is 0 Å². The van der Waals surface area contributed by atoms with E-state index in [1.807, 2.05) is 24.3 Å². The van der Waals surface area contributed by atoms with E-state index in [0.717, 1.165) is 24.1 Å². The van der Waals surface area contributed by atoms with E-state index < -0.39 is 9.84 Å². The van der Waals surface area contributed by atoms with Gasteiger partial charge >= 0.3 is 0 Å². The summed E-state index contributed by atoms with van der Waals surface area (Å²) < 4.78 is 23.1. The third-order valence-corrected chi connectivity index (χ3v) is 5.29. The zero-order chi connectivity index (χ0) is 17.3. The van der Waals surface area contributed by atoms with Gasteiger partial charge < -0.3 is 10.2 Å². The van der Waals surface area contributed by atoms with Gasteiger partial charge in [-0.15, -0.1) is 0 Å². The van der Waals surface area contributed by atoms with Gasteiger partial charge in [-0.3, -0.25) is 4.79 Å². The van der Waals surface area contributed by atoms with Gasteiger partial charge in [-0.2, -0.15) is 0 Å². The van der Waals surface area contributed by atoms with E-state index in [1.54, 1.807) is 17.0 Å². The van der Waals surface area contributed by atoms with E-state index in [9.17, 15) is 13.2 Å². The van der Waals surface area contributed by atoms with Crippen LogP contribution in [-0.4, -0.2) is 33.2 Å². The number of anilines is 2. The van der Waals surface area contributed by atoms with Crippen molar-refractivity contribution in [3.63, 3.8) is 0 Å². The molecule has 0 saturated carbocycles. The van der Waals surface area contributed by atoms with Crippen LogP contribution < -0.4 is 10.2 Å². The number of fused-ring (bicyclic) bond motifs is 1. The van der Waals surface area contributed by atoms with E-state index in [4.69, 9.17) is 0 Å². The minimum atomic E-state index is -3.27. The van der Waals surface area contributed by atoms with Gasteiger partial charge in [-0.25, -0.2) is 8.42 Å². The molecule has 3 rings (SSSR count). The van der Waals surface area contributed by atoms with Crippen molar-refractivity contribution >= 4 is 27.1 Å². The summed E-state index contributed by atoms with van der Waals surface area (Å²) in [7, 11) is -3.27. The summed E-state index contributed by atoms with van der Waals surface area (Å²) in [6.45, 7) is 2.70. The average molecular weight is 344 g/mol. The van der Waals surface area contributed by atoms with E-state index in [0.29, 0.717) is 12.1 Å². The molecule has 2 aromatic carbocycles. The SMILES string of the molecule is C[C@@H]1CCN(C(=O)c2ccc(S(C)(=O)=O)cc2)c2ccccc2N1. The van der Waals surface area contributed by atoms with Gasteiger partial charge in [0.15, 0.2) is 9.84 Å². The van der Waals surface area contributed by atoms with Crippen LogP contribution in [0.4, 0.5) is 11.4 Å². The molecule has 0 unspecified atom stereocenters. The lowest BCUT2D eigenvalue weighted by molar-refractivity contribution is 0.0987. The van der Waals surface area contributed by atoms with E-state index in [1.165, 1.54) is 12.1 Å². The molecule has 1 aliphatic heterocycles. The Morgan fingerprint density at radius 1 is 1.12 bits per heavy atom. The maximum absolute atomic E-state index is 12.9. The van der Waals surface area contributed by atoms with Crippen LogP contribution in [0.5, 0.6) is 0 Å². The maximum atomic E-state index is 12.9. The normalized spacial score (nSPS) is 17.6. The number of amides is 1. The van der Waals surface area contributed by atoms with Crippen LogP contribution in [0.3, 0.4) is 0 Å².